The molecular weight excluding hydrogens is 307 g/mol. The maximum Gasteiger partial charge on any atom is 0.0698 e. The summed E-state index contributed by atoms with van der Waals surface area (Å²) in [6.07, 6.45) is 0.986. The van der Waals surface area contributed by atoms with Crippen LogP contribution in [0.1, 0.15) is 18.1 Å². The van der Waals surface area contributed by atoms with Gasteiger partial charge in [0.1, 0.15) is 0 Å². The Kier molecular flexibility index (Phi) is 3.09. The van der Waals surface area contributed by atoms with Gasteiger partial charge in [-0.2, -0.15) is 0 Å². The predicted octanol–water partition coefficient (Wildman–Crippen LogP) is 3.56. The van der Waals surface area contributed by atoms with Gasteiger partial charge in [-0.3, -0.25) is 0 Å². The van der Waals surface area contributed by atoms with Gasteiger partial charge in [-0.05, 0) is 51.6 Å². The molecule has 1 heterocycles. The van der Waals surface area contributed by atoms with E-state index in [0.717, 1.165) is 12.0 Å². The van der Waals surface area contributed by atoms with E-state index in [4.69, 9.17) is 0 Å². The lowest BCUT2D eigenvalue weighted by atomic mass is 10.0. The van der Waals surface area contributed by atoms with Crippen molar-refractivity contribution in [3.05, 3.63) is 32.2 Å². The Morgan fingerprint density at radius 3 is 2.86 bits per heavy atom. The Morgan fingerprint density at radius 1 is 1.43 bits per heavy atom. The number of rotatable bonds is 2. The lowest BCUT2D eigenvalue weighted by Crippen LogP contribution is -1.91. The number of aliphatic hydroxyl groups is 1. The molecule has 0 saturated heterocycles. The van der Waals surface area contributed by atoms with E-state index in [1.807, 2.05) is 0 Å². The van der Waals surface area contributed by atoms with Gasteiger partial charge in [0.05, 0.1) is 9.49 Å². The highest BCUT2D eigenvalue weighted by atomic mass is 127. The summed E-state index contributed by atoms with van der Waals surface area (Å²) in [6.45, 7) is 2.27. The molecule has 0 unspecified atom stereocenters. The first-order valence-corrected chi connectivity index (χ1v) is 6.46. The minimum Gasteiger partial charge on any atom is -0.392 e. The van der Waals surface area contributed by atoms with E-state index in [9.17, 15) is 5.11 Å². The third-order valence-electron chi connectivity index (χ3n) is 2.40. The van der Waals surface area contributed by atoms with Gasteiger partial charge in [-0.25, -0.2) is 0 Å². The summed E-state index contributed by atoms with van der Waals surface area (Å²) in [5.41, 5.74) is 2.37. The molecular formula is C11H11IOS. The second-order valence-electron chi connectivity index (χ2n) is 3.18. The average Bonchev–Trinajstić information content (AvgIpc) is 2.56. The number of hydrogen-bond donors (Lipinski definition) is 1. The normalized spacial score (nSPS) is 11.1. The topological polar surface area (TPSA) is 20.2 Å². The number of thiophene rings is 1. The second-order valence-corrected chi connectivity index (χ2v) is 6.13. The zero-order valence-electron chi connectivity index (χ0n) is 7.88. The summed E-state index contributed by atoms with van der Waals surface area (Å²) in [7, 11) is 0. The smallest absolute Gasteiger partial charge is 0.0698 e. The highest BCUT2D eigenvalue weighted by Gasteiger charge is 2.08. The molecule has 1 nitrogen and oxygen atoms in total. The van der Waals surface area contributed by atoms with Crippen LogP contribution < -0.4 is 0 Å². The second kappa shape index (κ2) is 4.16. The van der Waals surface area contributed by atoms with Crippen LogP contribution in [0.4, 0.5) is 0 Å². The SMILES string of the molecule is CCc1ccc2cc(I)sc2c1CO. The van der Waals surface area contributed by atoms with E-state index in [1.54, 1.807) is 11.3 Å². The van der Waals surface area contributed by atoms with Crippen LogP contribution in [-0.2, 0) is 13.0 Å². The van der Waals surface area contributed by atoms with Crippen LogP contribution in [-0.4, -0.2) is 5.11 Å². The maximum absolute atomic E-state index is 9.36. The molecule has 0 amide bonds. The van der Waals surface area contributed by atoms with E-state index < -0.39 is 0 Å². The van der Waals surface area contributed by atoms with Crippen LogP contribution in [0.5, 0.6) is 0 Å². The molecule has 0 fully saturated rings. The van der Waals surface area contributed by atoms with Gasteiger partial charge in [0, 0.05) is 4.70 Å². The van der Waals surface area contributed by atoms with Crippen molar-refractivity contribution < 1.29 is 5.11 Å². The van der Waals surface area contributed by atoms with E-state index >= 15 is 0 Å². The van der Waals surface area contributed by atoms with Crippen molar-refractivity contribution in [3.8, 4) is 0 Å². The van der Waals surface area contributed by atoms with Crippen molar-refractivity contribution in [1.82, 2.24) is 0 Å². The molecule has 1 aromatic heterocycles. The molecule has 0 bridgehead atoms. The quantitative estimate of drug-likeness (QED) is 0.840. The molecule has 0 saturated carbocycles. The fraction of sp³-hybridized carbons (Fsp3) is 0.273. The number of benzene rings is 1. The predicted molar refractivity (Wildman–Crippen MR) is 69.8 cm³/mol. The number of hydrogen-bond acceptors (Lipinski definition) is 2. The summed E-state index contributed by atoms with van der Waals surface area (Å²) in [4.78, 5) is 0. The molecule has 0 aliphatic carbocycles. The molecule has 2 rings (SSSR count). The highest BCUT2D eigenvalue weighted by Crippen LogP contribution is 2.31. The molecule has 0 atom stereocenters. The highest BCUT2D eigenvalue weighted by molar-refractivity contribution is 14.1. The van der Waals surface area contributed by atoms with Crippen LogP contribution in [0.3, 0.4) is 0 Å². The van der Waals surface area contributed by atoms with Crippen molar-refractivity contribution in [1.29, 1.82) is 0 Å². The minimum absolute atomic E-state index is 0.150. The zero-order chi connectivity index (χ0) is 10.1. The first-order valence-electron chi connectivity index (χ1n) is 4.57. The average molecular weight is 318 g/mol. The van der Waals surface area contributed by atoms with Gasteiger partial charge in [0.25, 0.3) is 0 Å². The van der Waals surface area contributed by atoms with Crippen LogP contribution in [0.15, 0.2) is 18.2 Å². The molecule has 74 valence electrons. The van der Waals surface area contributed by atoms with Crippen molar-refractivity contribution in [2.75, 3.05) is 0 Å². The zero-order valence-corrected chi connectivity index (χ0v) is 10.9. The first kappa shape index (κ1) is 10.4. The van der Waals surface area contributed by atoms with E-state index in [1.165, 1.54) is 18.5 Å². The Hall–Kier alpha value is -0.130. The van der Waals surface area contributed by atoms with Gasteiger partial charge in [0.15, 0.2) is 0 Å². The first-order chi connectivity index (χ1) is 6.76. The number of aliphatic hydroxyl groups excluding tert-OH is 1. The van der Waals surface area contributed by atoms with Crippen molar-refractivity contribution >= 4 is 44.0 Å². The summed E-state index contributed by atoms with van der Waals surface area (Å²) < 4.78 is 2.52. The molecule has 3 heteroatoms. The molecule has 2 aromatic rings. The Balaban J connectivity index is 2.75. The Bertz CT molecular complexity index is 462. The standard InChI is InChI=1S/C11H11IOS/c1-2-7-3-4-8-5-10(12)14-11(8)9(7)6-13/h3-5,13H,2,6H2,1H3. The molecule has 0 radical (unpaired) electrons. The molecule has 1 N–H and O–H groups in total. The van der Waals surface area contributed by atoms with Gasteiger partial charge in [0.2, 0.25) is 0 Å². The summed E-state index contributed by atoms with van der Waals surface area (Å²) in [5, 5.41) is 10.6. The molecule has 0 aliphatic rings. The summed E-state index contributed by atoms with van der Waals surface area (Å²) in [6, 6.07) is 6.43. The molecule has 1 aromatic carbocycles. The third-order valence-corrected chi connectivity index (χ3v) is 4.37. The Labute approximate surface area is 101 Å². The van der Waals surface area contributed by atoms with Crippen LogP contribution in [0.25, 0.3) is 10.1 Å². The monoisotopic (exact) mass is 318 g/mol. The van der Waals surface area contributed by atoms with Gasteiger partial charge >= 0.3 is 0 Å². The van der Waals surface area contributed by atoms with E-state index in [0.29, 0.717) is 0 Å². The minimum atomic E-state index is 0.150. The molecule has 14 heavy (non-hydrogen) atoms. The van der Waals surface area contributed by atoms with Crippen LogP contribution in [0, 0.1) is 2.88 Å². The molecule has 0 aliphatic heterocycles. The van der Waals surface area contributed by atoms with Crippen molar-refractivity contribution in [2.24, 2.45) is 0 Å². The van der Waals surface area contributed by atoms with Gasteiger partial charge < -0.3 is 5.11 Å². The summed E-state index contributed by atoms with van der Waals surface area (Å²) in [5.74, 6) is 0. The number of fused-ring (bicyclic) bond motifs is 1. The maximum atomic E-state index is 9.36. The number of aryl methyl sites for hydroxylation is 1. The van der Waals surface area contributed by atoms with Gasteiger partial charge in [-0.15, -0.1) is 11.3 Å². The van der Waals surface area contributed by atoms with Crippen LogP contribution >= 0.6 is 33.9 Å². The van der Waals surface area contributed by atoms with Crippen molar-refractivity contribution in [3.63, 3.8) is 0 Å². The number of halogens is 1. The van der Waals surface area contributed by atoms with Gasteiger partial charge in [-0.1, -0.05) is 19.1 Å². The fourth-order valence-electron chi connectivity index (χ4n) is 1.67. The van der Waals surface area contributed by atoms with E-state index in [-0.39, 0.29) is 6.61 Å². The fourth-order valence-corrected chi connectivity index (χ4v) is 3.62. The van der Waals surface area contributed by atoms with Crippen molar-refractivity contribution in [2.45, 2.75) is 20.0 Å². The summed E-state index contributed by atoms with van der Waals surface area (Å²) >= 11 is 4.09. The largest absolute Gasteiger partial charge is 0.392 e. The van der Waals surface area contributed by atoms with Crippen LogP contribution in [0.2, 0.25) is 0 Å². The lowest BCUT2D eigenvalue weighted by Gasteiger charge is -2.05. The van der Waals surface area contributed by atoms with E-state index in [2.05, 4.69) is 47.7 Å². The molecule has 0 spiro atoms. The third kappa shape index (κ3) is 1.68. The Morgan fingerprint density at radius 2 is 2.21 bits per heavy atom. The lowest BCUT2D eigenvalue weighted by molar-refractivity contribution is 0.282.